The Morgan fingerprint density at radius 2 is 2.60 bits per heavy atom. The van der Waals surface area contributed by atoms with Gasteiger partial charge in [-0.3, -0.25) is 0 Å². The third-order valence-electron chi connectivity index (χ3n) is 1.24. The monoisotopic (exact) mass is 151 g/mol. The molecular weight excluding hydrogens is 142 g/mol. The Balaban J connectivity index is 2.96. The molecular formula is C8H9NS. The second kappa shape index (κ2) is 3.37. The smallest absolute Gasteiger partial charge is 0.0392 e. The topological polar surface area (TPSA) is 26.0 Å². The fraction of sp³-hybridized carbons (Fsp3) is 0.125. The molecule has 1 rings (SSSR count). The number of rotatable bonds is 2. The Morgan fingerprint density at radius 3 is 3.00 bits per heavy atom. The molecule has 0 radical (unpaired) electrons. The highest BCUT2D eigenvalue weighted by atomic mass is 32.1. The van der Waals surface area contributed by atoms with Gasteiger partial charge in [0.05, 0.1) is 0 Å². The Hall–Kier alpha value is -0.820. The average molecular weight is 151 g/mol. The first-order valence-electron chi connectivity index (χ1n) is 3.01. The van der Waals surface area contributed by atoms with Gasteiger partial charge >= 0.3 is 0 Å². The van der Waals surface area contributed by atoms with Gasteiger partial charge in [0.2, 0.25) is 0 Å². The molecule has 0 aromatic carbocycles. The lowest BCUT2D eigenvalue weighted by molar-refractivity contribution is 1.28. The van der Waals surface area contributed by atoms with E-state index in [1.165, 1.54) is 0 Å². The molecule has 2 N–H and O–H groups in total. The molecule has 0 fully saturated rings. The van der Waals surface area contributed by atoms with Crippen LogP contribution in [0.25, 0.3) is 5.57 Å². The summed E-state index contributed by atoms with van der Waals surface area (Å²) in [7, 11) is 0. The summed E-state index contributed by atoms with van der Waals surface area (Å²) in [5.41, 5.74) is 9.24. The molecule has 0 aliphatic rings. The molecule has 1 aromatic heterocycles. The summed E-state index contributed by atoms with van der Waals surface area (Å²) in [5.74, 6) is 0. The Labute approximate surface area is 64.5 Å². The highest BCUT2D eigenvalue weighted by Crippen LogP contribution is 2.17. The molecule has 0 saturated heterocycles. The van der Waals surface area contributed by atoms with E-state index in [0.717, 1.165) is 10.5 Å². The summed E-state index contributed by atoms with van der Waals surface area (Å²) in [6, 6.07) is 4.01. The van der Waals surface area contributed by atoms with Crippen LogP contribution in [0, 0.1) is 0 Å². The molecule has 1 heterocycles. The van der Waals surface area contributed by atoms with Gasteiger partial charge in [0.25, 0.3) is 0 Å². The van der Waals surface area contributed by atoms with Gasteiger partial charge in [0.1, 0.15) is 0 Å². The van der Waals surface area contributed by atoms with Crippen LogP contribution in [-0.4, -0.2) is 6.54 Å². The number of nitrogens with two attached hydrogens (primary N) is 1. The lowest BCUT2D eigenvalue weighted by Gasteiger charge is -1.93. The molecule has 52 valence electrons. The average Bonchev–Trinajstić information content (AvgIpc) is 2.43. The minimum atomic E-state index is 0.518. The zero-order chi connectivity index (χ0) is 7.40. The van der Waals surface area contributed by atoms with Gasteiger partial charge in [-0.2, -0.15) is 0 Å². The molecule has 0 bridgehead atoms. The van der Waals surface area contributed by atoms with E-state index in [1.54, 1.807) is 11.3 Å². The lowest BCUT2D eigenvalue weighted by atomic mass is 10.2. The van der Waals surface area contributed by atoms with Crippen molar-refractivity contribution in [2.75, 3.05) is 6.54 Å². The molecule has 10 heavy (non-hydrogen) atoms. The van der Waals surface area contributed by atoms with Crippen molar-refractivity contribution in [2.45, 2.75) is 0 Å². The minimum Gasteiger partial charge on any atom is -0.326 e. The number of hydrogen-bond donors (Lipinski definition) is 1. The van der Waals surface area contributed by atoms with Crippen molar-refractivity contribution in [2.24, 2.45) is 5.73 Å². The first kappa shape index (κ1) is 7.29. The Bertz CT molecular complexity index is 242. The number of thiophene rings is 1. The SMILES string of the molecule is C=C=C(CN)c1cccs1. The largest absolute Gasteiger partial charge is 0.326 e. The van der Waals surface area contributed by atoms with Crippen molar-refractivity contribution >= 4 is 16.9 Å². The maximum atomic E-state index is 5.44. The van der Waals surface area contributed by atoms with Gasteiger partial charge in [-0.25, -0.2) is 0 Å². The summed E-state index contributed by atoms with van der Waals surface area (Å²) < 4.78 is 0. The second-order valence-electron chi connectivity index (χ2n) is 1.84. The normalized spacial score (nSPS) is 8.90. The predicted octanol–water partition coefficient (Wildman–Crippen LogP) is 1.88. The van der Waals surface area contributed by atoms with Gasteiger partial charge in [0, 0.05) is 17.0 Å². The quantitative estimate of drug-likeness (QED) is 0.642. The minimum absolute atomic E-state index is 0.518. The van der Waals surface area contributed by atoms with Gasteiger partial charge in [-0.1, -0.05) is 12.6 Å². The van der Waals surface area contributed by atoms with E-state index in [2.05, 4.69) is 12.3 Å². The summed E-state index contributed by atoms with van der Waals surface area (Å²) in [4.78, 5) is 1.16. The number of hydrogen-bond acceptors (Lipinski definition) is 2. The van der Waals surface area contributed by atoms with Gasteiger partial charge in [-0.15, -0.1) is 17.1 Å². The van der Waals surface area contributed by atoms with Crippen LogP contribution in [0.2, 0.25) is 0 Å². The lowest BCUT2D eigenvalue weighted by Crippen LogP contribution is -1.99. The van der Waals surface area contributed by atoms with Crippen molar-refractivity contribution in [3.05, 3.63) is 34.7 Å². The van der Waals surface area contributed by atoms with Crippen molar-refractivity contribution in [3.63, 3.8) is 0 Å². The van der Waals surface area contributed by atoms with Crippen molar-refractivity contribution in [1.29, 1.82) is 0 Å². The molecule has 0 unspecified atom stereocenters. The van der Waals surface area contributed by atoms with E-state index < -0.39 is 0 Å². The highest BCUT2D eigenvalue weighted by Gasteiger charge is 1.96. The van der Waals surface area contributed by atoms with E-state index in [4.69, 9.17) is 5.73 Å². The predicted molar refractivity (Wildman–Crippen MR) is 45.9 cm³/mol. The molecule has 1 nitrogen and oxygen atoms in total. The standard InChI is InChI=1S/C8H9NS/c1-2-7(6-9)8-4-3-5-10-8/h3-5H,1,6,9H2. The van der Waals surface area contributed by atoms with Crippen LogP contribution in [0.3, 0.4) is 0 Å². The van der Waals surface area contributed by atoms with Crippen LogP contribution in [-0.2, 0) is 0 Å². The van der Waals surface area contributed by atoms with Gasteiger partial charge < -0.3 is 5.73 Å². The first-order valence-corrected chi connectivity index (χ1v) is 3.89. The van der Waals surface area contributed by atoms with Crippen molar-refractivity contribution in [1.82, 2.24) is 0 Å². The second-order valence-corrected chi connectivity index (χ2v) is 2.78. The van der Waals surface area contributed by atoms with Crippen LogP contribution in [0.15, 0.2) is 29.8 Å². The Kier molecular flexibility index (Phi) is 2.46. The van der Waals surface area contributed by atoms with E-state index in [9.17, 15) is 0 Å². The molecule has 0 aliphatic carbocycles. The molecule has 0 spiro atoms. The van der Waals surface area contributed by atoms with Crippen LogP contribution in [0.5, 0.6) is 0 Å². The molecule has 0 amide bonds. The molecule has 0 atom stereocenters. The third-order valence-corrected chi connectivity index (χ3v) is 2.17. The fourth-order valence-corrected chi connectivity index (χ4v) is 1.47. The summed E-state index contributed by atoms with van der Waals surface area (Å²) in [6.07, 6.45) is 0. The molecule has 0 aliphatic heterocycles. The first-order chi connectivity index (χ1) is 4.88. The maximum absolute atomic E-state index is 5.44. The van der Waals surface area contributed by atoms with E-state index in [1.807, 2.05) is 17.5 Å². The van der Waals surface area contributed by atoms with Crippen LogP contribution in [0.4, 0.5) is 0 Å². The van der Waals surface area contributed by atoms with Crippen LogP contribution >= 0.6 is 11.3 Å². The van der Waals surface area contributed by atoms with E-state index >= 15 is 0 Å². The summed E-state index contributed by atoms with van der Waals surface area (Å²) in [5, 5.41) is 2.02. The summed E-state index contributed by atoms with van der Waals surface area (Å²) in [6.45, 7) is 4.07. The van der Waals surface area contributed by atoms with Crippen LogP contribution < -0.4 is 5.73 Å². The molecule has 0 saturated carbocycles. The van der Waals surface area contributed by atoms with Gasteiger partial charge in [0.15, 0.2) is 0 Å². The Morgan fingerprint density at radius 1 is 1.80 bits per heavy atom. The third kappa shape index (κ3) is 1.36. The fourth-order valence-electron chi connectivity index (χ4n) is 0.710. The zero-order valence-corrected chi connectivity index (χ0v) is 6.45. The van der Waals surface area contributed by atoms with Crippen molar-refractivity contribution in [3.8, 4) is 0 Å². The van der Waals surface area contributed by atoms with E-state index in [0.29, 0.717) is 6.54 Å². The molecule has 1 aromatic rings. The van der Waals surface area contributed by atoms with Crippen LogP contribution in [0.1, 0.15) is 4.88 Å². The van der Waals surface area contributed by atoms with Gasteiger partial charge in [-0.05, 0) is 11.4 Å². The molecule has 2 heteroatoms. The van der Waals surface area contributed by atoms with Crippen molar-refractivity contribution < 1.29 is 0 Å². The highest BCUT2D eigenvalue weighted by molar-refractivity contribution is 7.11. The summed E-state index contributed by atoms with van der Waals surface area (Å²) >= 11 is 1.66. The maximum Gasteiger partial charge on any atom is 0.0392 e. The zero-order valence-electron chi connectivity index (χ0n) is 5.63. The van der Waals surface area contributed by atoms with E-state index in [-0.39, 0.29) is 0 Å².